The van der Waals surface area contributed by atoms with Crippen LogP contribution in [0.5, 0.6) is 0 Å². The minimum Gasteiger partial charge on any atom is -0.207 e. The molecule has 0 aliphatic carbocycles. The Balaban J connectivity index is 2.50. The van der Waals surface area contributed by atoms with Crippen molar-refractivity contribution in [2.24, 2.45) is 0 Å². The molecule has 2 aromatic rings. The molecule has 0 heterocycles. The maximum absolute atomic E-state index is 13.9. The molecule has 0 bridgehead atoms. The third-order valence-electron chi connectivity index (χ3n) is 2.77. The molecule has 0 aliphatic heterocycles. The second kappa shape index (κ2) is 5.58. The van der Waals surface area contributed by atoms with Crippen LogP contribution in [0.25, 0.3) is 11.1 Å². The highest BCUT2D eigenvalue weighted by Gasteiger charge is 2.25. The number of benzene rings is 2. The van der Waals surface area contributed by atoms with Gasteiger partial charge in [0.05, 0.1) is 0 Å². The predicted molar refractivity (Wildman–Crippen MR) is 81.9 cm³/mol. The predicted octanol–water partition coefficient (Wildman–Crippen LogP) is 3.57. The van der Waals surface area contributed by atoms with Crippen molar-refractivity contribution >= 4 is 10.0 Å². The van der Waals surface area contributed by atoms with Crippen LogP contribution in [-0.2, 0) is 10.0 Å². The molecule has 0 saturated carbocycles. The standard InChI is InChI=1S/C16H18FNO2S/c1-16(2,3)18-21(19,20)15-11-13(9-10-14(15)17)12-7-5-4-6-8-12/h4-11,18H,1-3H3. The number of nitrogens with one attached hydrogen (secondary N) is 1. The Kier molecular flexibility index (Phi) is 4.16. The van der Waals surface area contributed by atoms with Gasteiger partial charge in [-0.3, -0.25) is 0 Å². The molecule has 0 aromatic heterocycles. The molecule has 0 spiro atoms. The van der Waals surface area contributed by atoms with Crippen LogP contribution in [0.2, 0.25) is 0 Å². The van der Waals surface area contributed by atoms with E-state index in [2.05, 4.69) is 4.72 Å². The number of halogens is 1. The Hall–Kier alpha value is -1.72. The van der Waals surface area contributed by atoms with Crippen LogP contribution in [-0.4, -0.2) is 14.0 Å². The van der Waals surface area contributed by atoms with Crippen LogP contribution < -0.4 is 4.72 Å². The van der Waals surface area contributed by atoms with E-state index in [1.54, 1.807) is 26.8 Å². The van der Waals surface area contributed by atoms with Crippen molar-refractivity contribution < 1.29 is 12.8 Å². The number of hydrogen-bond acceptors (Lipinski definition) is 2. The topological polar surface area (TPSA) is 46.2 Å². The lowest BCUT2D eigenvalue weighted by Crippen LogP contribution is -2.40. The average Bonchev–Trinajstić information content (AvgIpc) is 2.37. The fourth-order valence-electron chi connectivity index (χ4n) is 1.98. The summed E-state index contributed by atoms with van der Waals surface area (Å²) < 4.78 is 41.0. The van der Waals surface area contributed by atoms with E-state index in [9.17, 15) is 12.8 Å². The van der Waals surface area contributed by atoms with E-state index >= 15 is 0 Å². The molecule has 3 nitrogen and oxygen atoms in total. The first-order chi connectivity index (χ1) is 9.69. The SMILES string of the molecule is CC(C)(C)NS(=O)(=O)c1cc(-c2ccccc2)ccc1F. The second-order valence-electron chi connectivity index (χ2n) is 5.87. The van der Waals surface area contributed by atoms with Gasteiger partial charge >= 0.3 is 0 Å². The quantitative estimate of drug-likeness (QED) is 0.942. The summed E-state index contributed by atoms with van der Waals surface area (Å²) in [5.74, 6) is -0.758. The van der Waals surface area contributed by atoms with Gasteiger partial charge in [-0.25, -0.2) is 17.5 Å². The monoisotopic (exact) mass is 307 g/mol. The molecule has 2 rings (SSSR count). The molecule has 0 radical (unpaired) electrons. The van der Waals surface area contributed by atoms with E-state index < -0.39 is 21.4 Å². The molecule has 21 heavy (non-hydrogen) atoms. The summed E-state index contributed by atoms with van der Waals surface area (Å²) >= 11 is 0. The Morgan fingerprint density at radius 1 is 0.952 bits per heavy atom. The number of hydrogen-bond donors (Lipinski definition) is 1. The molecule has 2 aromatic carbocycles. The lowest BCUT2D eigenvalue weighted by molar-refractivity contribution is 0.486. The van der Waals surface area contributed by atoms with Gasteiger partial charge in [-0.05, 0) is 44.0 Å². The van der Waals surface area contributed by atoms with Gasteiger partial charge in [-0.15, -0.1) is 0 Å². The van der Waals surface area contributed by atoms with Gasteiger partial charge in [0.15, 0.2) is 0 Å². The fourth-order valence-corrected chi connectivity index (χ4v) is 3.50. The number of rotatable bonds is 3. The van der Waals surface area contributed by atoms with E-state index in [0.717, 1.165) is 5.56 Å². The molecule has 0 unspecified atom stereocenters. The first kappa shape index (κ1) is 15.7. The molecular weight excluding hydrogens is 289 g/mol. The van der Waals surface area contributed by atoms with Crippen LogP contribution in [0.3, 0.4) is 0 Å². The van der Waals surface area contributed by atoms with Gasteiger partial charge in [-0.1, -0.05) is 36.4 Å². The summed E-state index contributed by atoms with van der Waals surface area (Å²) in [5, 5.41) is 0. The number of sulfonamides is 1. The minimum absolute atomic E-state index is 0.334. The van der Waals surface area contributed by atoms with Crippen molar-refractivity contribution in [3.8, 4) is 11.1 Å². The van der Waals surface area contributed by atoms with Gasteiger partial charge in [-0.2, -0.15) is 0 Å². The zero-order valence-corrected chi connectivity index (χ0v) is 13.0. The first-order valence-electron chi connectivity index (χ1n) is 6.58. The largest absolute Gasteiger partial charge is 0.243 e. The highest BCUT2D eigenvalue weighted by Crippen LogP contribution is 2.25. The van der Waals surface area contributed by atoms with Gasteiger partial charge in [0.25, 0.3) is 0 Å². The summed E-state index contributed by atoms with van der Waals surface area (Å²) in [6.07, 6.45) is 0. The summed E-state index contributed by atoms with van der Waals surface area (Å²) in [5.41, 5.74) is 0.824. The maximum atomic E-state index is 13.9. The second-order valence-corrected chi connectivity index (χ2v) is 7.52. The molecule has 0 atom stereocenters. The van der Waals surface area contributed by atoms with Crippen LogP contribution >= 0.6 is 0 Å². The first-order valence-corrected chi connectivity index (χ1v) is 8.06. The van der Waals surface area contributed by atoms with Crippen molar-refractivity contribution in [2.75, 3.05) is 0 Å². The maximum Gasteiger partial charge on any atom is 0.243 e. The average molecular weight is 307 g/mol. The van der Waals surface area contributed by atoms with E-state index in [1.165, 1.54) is 12.1 Å². The summed E-state index contributed by atoms with van der Waals surface area (Å²) in [6.45, 7) is 5.14. The van der Waals surface area contributed by atoms with Crippen LogP contribution in [0.15, 0.2) is 53.4 Å². The molecule has 0 saturated heterocycles. The Bertz CT molecular complexity index is 735. The van der Waals surface area contributed by atoms with Crippen molar-refractivity contribution in [3.63, 3.8) is 0 Å². The van der Waals surface area contributed by atoms with Crippen LogP contribution in [0, 0.1) is 5.82 Å². The van der Waals surface area contributed by atoms with E-state index in [4.69, 9.17) is 0 Å². The van der Waals surface area contributed by atoms with E-state index in [1.807, 2.05) is 30.3 Å². The third-order valence-corrected chi connectivity index (χ3v) is 4.54. The van der Waals surface area contributed by atoms with Crippen molar-refractivity contribution in [1.29, 1.82) is 0 Å². The fraction of sp³-hybridized carbons (Fsp3) is 0.250. The zero-order valence-electron chi connectivity index (χ0n) is 12.2. The Morgan fingerprint density at radius 2 is 1.57 bits per heavy atom. The van der Waals surface area contributed by atoms with Gasteiger partial charge in [0.2, 0.25) is 10.0 Å². The molecule has 0 amide bonds. The van der Waals surface area contributed by atoms with Crippen molar-refractivity contribution in [3.05, 3.63) is 54.3 Å². The minimum atomic E-state index is -3.90. The van der Waals surface area contributed by atoms with Crippen LogP contribution in [0.4, 0.5) is 4.39 Å². The molecule has 0 aliphatic rings. The normalized spacial score (nSPS) is 12.4. The molecule has 1 N–H and O–H groups in total. The van der Waals surface area contributed by atoms with Gasteiger partial charge in [0, 0.05) is 5.54 Å². The molecular formula is C16H18FNO2S. The van der Waals surface area contributed by atoms with Crippen LogP contribution in [0.1, 0.15) is 20.8 Å². The van der Waals surface area contributed by atoms with Crippen molar-refractivity contribution in [2.45, 2.75) is 31.2 Å². The lowest BCUT2D eigenvalue weighted by Gasteiger charge is -2.20. The smallest absolute Gasteiger partial charge is 0.207 e. The summed E-state index contributed by atoms with van der Waals surface area (Å²) in [6, 6.07) is 13.4. The Morgan fingerprint density at radius 3 is 2.14 bits per heavy atom. The summed E-state index contributed by atoms with van der Waals surface area (Å²) in [7, 11) is -3.90. The third kappa shape index (κ3) is 3.89. The Labute approximate surface area is 124 Å². The van der Waals surface area contributed by atoms with E-state index in [-0.39, 0.29) is 4.90 Å². The highest BCUT2D eigenvalue weighted by atomic mass is 32.2. The molecule has 0 fully saturated rings. The van der Waals surface area contributed by atoms with E-state index in [0.29, 0.717) is 5.56 Å². The van der Waals surface area contributed by atoms with Gasteiger partial charge in [0.1, 0.15) is 10.7 Å². The zero-order chi connectivity index (χ0) is 15.7. The lowest BCUT2D eigenvalue weighted by atomic mass is 10.1. The molecule has 112 valence electrons. The molecule has 5 heteroatoms. The van der Waals surface area contributed by atoms with Gasteiger partial charge < -0.3 is 0 Å². The summed E-state index contributed by atoms with van der Waals surface area (Å²) in [4.78, 5) is -0.334. The highest BCUT2D eigenvalue weighted by molar-refractivity contribution is 7.89. The van der Waals surface area contributed by atoms with Crippen molar-refractivity contribution in [1.82, 2.24) is 4.72 Å².